The minimum atomic E-state index is -0.815. The second-order valence-corrected chi connectivity index (χ2v) is 9.89. The molecule has 3 amide bonds. The lowest BCUT2D eigenvalue weighted by atomic mass is 10.0. The molecule has 2 aromatic rings. The van der Waals surface area contributed by atoms with E-state index >= 15 is 0 Å². The summed E-state index contributed by atoms with van der Waals surface area (Å²) < 4.78 is 14.6. The maximum absolute atomic E-state index is 13.7. The van der Waals surface area contributed by atoms with Crippen molar-refractivity contribution >= 4 is 34.9 Å². The molecule has 0 spiro atoms. The summed E-state index contributed by atoms with van der Waals surface area (Å²) in [7, 11) is 3.11. The van der Waals surface area contributed by atoms with Crippen molar-refractivity contribution in [3.05, 3.63) is 34.3 Å². The van der Waals surface area contributed by atoms with E-state index in [1.807, 2.05) is 39.8 Å². The van der Waals surface area contributed by atoms with Gasteiger partial charge in [0.25, 0.3) is 11.8 Å². The first kappa shape index (κ1) is 27.9. The van der Waals surface area contributed by atoms with E-state index in [0.717, 1.165) is 17.1 Å². The summed E-state index contributed by atoms with van der Waals surface area (Å²) in [5.41, 5.74) is 11.6. The first-order valence-corrected chi connectivity index (χ1v) is 12.1. The van der Waals surface area contributed by atoms with Crippen LogP contribution in [0.2, 0.25) is 0 Å². The number of nitrogen functional groups attached to an aromatic ring is 1. The molecule has 0 unspecified atom stereocenters. The number of amides is 3. The van der Waals surface area contributed by atoms with E-state index in [9.17, 15) is 14.4 Å². The molecule has 0 saturated heterocycles. The van der Waals surface area contributed by atoms with E-state index in [4.69, 9.17) is 20.9 Å². The second-order valence-electron chi connectivity index (χ2n) is 9.12. The highest BCUT2D eigenvalue weighted by Crippen LogP contribution is 2.29. The number of rotatable bonds is 11. The fraction of sp³-hybridized carbons (Fsp3) is 0.500. The summed E-state index contributed by atoms with van der Waals surface area (Å²) in [4.78, 5) is 40.1. The van der Waals surface area contributed by atoms with E-state index in [0.29, 0.717) is 30.8 Å². The van der Waals surface area contributed by atoms with Gasteiger partial charge in [0.1, 0.15) is 10.9 Å². The quantitative estimate of drug-likeness (QED) is 0.425. The van der Waals surface area contributed by atoms with Crippen LogP contribution in [0.25, 0.3) is 0 Å². The minimum Gasteiger partial charge on any atom is -0.493 e. The van der Waals surface area contributed by atoms with E-state index in [-0.39, 0.29) is 28.7 Å². The zero-order valence-corrected chi connectivity index (χ0v) is 22.0. The van der Waals surface area contributed by atoms with Gasteiger partial charge >= 0.3 is 0 Å². The predicted octanol–water partition coefficient (Wildman–Crippen LogP) is 2.61. The van der Waals surface area contributed by atoms with Gasteiger partial charge in [-0.15, -0.1) is 0 Å². The Kier molecular flexibility index (Phi) is 9.47. The van der Waals surface area contributed by atoms with Gasteiger partial charge < -0.3 is 31.2 Å². The highest BCUT2D eigenvalue weighted by molar-refractivity contribution is 7.09. The van der Waals surface area contributed by atoms with Crippen molar-refractivity contribution < 1.29 is 23.9 Å². The normalized spacial score (nSPS) is 12.1. The SMILES string of the molecule is CCC[C@@H](C(=O)NC(C)(C)C)N(CCc1ccc(OC)c(OC)c1)C(=O)c1snc(C(N)=O)c1N. The summed E-state index contributed by atoms with van der Waals surface area (Å²) in [6.07, 6.45) is 1.56. The van der Waals surface area contributed by atoms with Gasteiger partial charge in [-0.3, -0.25) is 14.4 Å². The van der Waals surface area contributed by atoms with Crippen molar-refractivity contribution in [2.24, 2.45) is 5.73 Å². The molecule has 0 aliphatic heterocycles. The Morgan fingerprint density at radius 3 is 2.34 bits per heavy atom. The summed E-state index contributed by atoms with van der Waals surface area (Å²) in [6, 6.07) is 4.75. The molecular weight excluding hydrogens is 470 g/mol. The Balaban J connectivity index is 2.45. The van der Waals surface area contributed by atoms with Gasteiger partial charge in [0.2, 0.25) is 5.91 Å². The molecule has 192 valence electrons. The van der Waals surface area contributed by atoms with Crippen LogP contribution in [0.3, 0.4) is 0 Å². The highest BCUT2D eigenvalue weighted by Gasteiger charge is 2.34. The Hall–Kier alpha value is -3.34. The predicted molar refractivity (Wildman–Crippen MR) is 136 cm³/mol. The number of carbonyl (C=O) groups is 3. The Morgan fingerprint density at radius 2 is 1.83 bits per heavy atom. The number of anilines is 1. The van der Waals surface area contributed by atoms with Crippen LogP contribution in [0, 0.1) is 0 Å². The average Bonchev–Trinajstić information content (AvgIpc) is 3.18. The zero-order chi connectivity index (χ0) is 26.3. The van der Waals surface area contributed by atoms with Crippen LogP contribution in [-0.2, 0) is 11.2 Å². The fourth-order valence-electron chi connectivity index (χ4n) is 3.60. The summed E-state index contributed by atoms with van der Waals surface area (Å²) in [6.45, 7) is 7.80. The van der Waals surface area contributed by atoms with Gasteiger partial charge in [0, 0.05) is 12.1 Å². The Bertz CT molecular complexity index is 1060. The Labute approximate surface area is 210 Å². The molecule has 0 saturated carbocycles. The summed E-state index contributed by atoms with van der Waals surface area (Å²) in [5.74, 6) is -0.399. The number of benzene rings is 1. The molecule has 2 rings (SSSR count). The highest BCUT2D eigenvalue weighted by atomic mass is 32.1. The van der Waals surface area contributed by atoms with Gasteiger partial charge in [-0.05, 0) is 62.8 Å². The third-order valence-corrected chi connectivity index (χ3v) is 6.10. The maximum atomic E-state index is 13.7. The summed E-state index contributed by atoms with van der Waals surface area (Å²) in [5, 5.41) is 2.97. The summed E-state index contributed by atoms with van der Waals surface area (Å²) >= 11 is 0.799. The van der Waals surface area contributed by atoms with Crippen LogP contribution in [0.5, 0.6) is 11.5 Å². The molecule has 5 N–H and O–H groups in total. The van der Waals surface area contributed by atoms with Gasteiger partial charge in [0.05, 0.1) is 19.9 Å². The minimum absolute atomic E-state index is 0.0740. The molecule has 0 aliphatic rings. The number of nitrogens with two attached hydrogens (primary N) is 2. The maximum Gasteiger partial charge on any atom is 0.270 e. The van der Waals surface area contributed by atoms with Crippen LogP contribution in [0.1, 0.15) is 66.3 Å². The number of aromatic nitrogens is 1. The number of primary amides is 1. The molecule has 1 heterocycles. The molecule has 1 aromatic carbocycles. The van der Waals surface area contributed by atoms with Crippen LogP contribution in [0.4, 0.5) is 5.69 Å². The van der Waals surface area contributed by atoms with Gasteiger partial charge in [-0.25, -0.2) is 0 Å². The molecule has 0 radical (unpaired) electrons. The molecule has 0 aliphatic carbocycles. The lowest BCUT2D eigenvalue weighted by molar-refractivity contribution is -0.127. The van der Waals surface area contributed by atoms with Crippen molar-refractivity contribution in [3.8, 4) is 11.5 Å². The molecule has 35 heavy (non-hydrogen) atoms. The molecule has 10 nitrogen and oxygen atoms in total. The van der Waals surface area contributed by atoms with Crippen LogP contribution < -0.4 is 26.3 Å². The molecule has 0 fully saturated rings. The largest absolute Gasteiger partial charge is 0.493 e. The smallest absolute Gasteiger partial charge is 0.270 e. The number of nitrogens with zero attached hydrogens (tertiary/aromatic N) is 2. The number of hydrogen-bond acceptors (Lipinski definition) is 8. The topological polar surface area (TPSA) is 150 Å². The number of carbonyl (C=O) groups excluding carboxylic acids is 3. The van der Waals surface area contributed by atoms with Crippen LogP contribution in [0.15, 0.2) is 18.2 Å². The van der Waals surface area contributed by atoms with E-state index in [1.165, 1.54) is 4.90 Å². The first-order valence-electron chi connectivity index (χ1n) is 11.3. The van der Waals surface area contributed by atoms with E-state index < -0.39 is 23.4 Å². The van der Waals surface area contributed by atoms with Crippen molar-refractivity contribution in [1.82, 2.24) is 14.6 Å². The zero-order valence-electron chi connectivity index (χ0n) is 21.1. The third-order valence-electron chi connectivity index (χ3n) is 5.24. The van der Waals surface area contributed by atoms with E-state index in [2.05, 4.69) is 9.69 Å². The van der Waals surface area contributed by atoms with Gasteiger partial charge in [-0.2, -0.15) is 4.37 Å². The lowest BCUT2D eigenvalue weighted by Crippen LogP contribution is -2.54. The number of ether oxygens (including phenoxy) is 2. The van der Waals surface area contributed by atoms with Crippen molar-refractivity contribution in [3.63, 3.8) is 0 Å². The number of methoxy groups -OCH3 is 2. The molecular formula is C24H35N5O5S. The standard InChI is InChI=1S/C24H35N5O5S/c1-7-8-15(22(31)27-24(2,3)4)29(23(32)20-18(25)19(21(26)30)28-35-20)12-11-14-9-10-16(33-5)17(13-14)34-6/h9-10,13,15H,7-8,11-12,25H2,1-6H3,(H2,26,30)(H,27,31)/t15-/m0/s1. The molecule has 11 heteroatoms. The first-order chi connectivity index (χ1) is 16.4. The Morgan fingerprint density at radius 1 is 1.17 bits per heavy atom. The monoisotopic (exact) mass is 505 g/mol. The van der Waals surface area contributed by atoms with Gasteiger partial charge in [-0.1, -0.05) is 19.4 Å². The van der Waals surface area contributed by atoms with Gasteiger partial charge in [0.15, 0.2) is 17.2 Å². The fourth-order valence-corrected chi connectivity index (χ4v) is 4.36. The van der Waals surface area contributed by atoms with E-state index in [1.54, 1.807) is 20.3 Å². The van der Waals surface area contributed by atoms with Crippen molar-refractivity contribution in [1.29, 1.82) is 0 Å². The third kappa shape index (κ3) is 7.08. The van der Waals surface area contributed by atoms with Crippen LogP contribution >= 0.6 is 11.5 Å². The van der Waals surface area contributed by atoms with Crippen molar-refractivity contribution in [2.75, 3.05) is 26.5 Å². The number of hydrogen-bond donors (Lipinski definition) is 3. The lowest BCUT2D eigenvalue weighted by Gasteiger charge is -2.33. The molecule has 1 atom stereocenters. The number of nitrogens with one attached hydrogen (secondary N) is 1. The molecule has 0 bridgehead atoms. The molecule has 1 aromatic heterocycles. The van der Waals surface area contributed by atoms with Crippen molar-refractivity contribution in [2.45, 2.75) is 58.5 Å². The van der Waals surface area contributed by atoms with Crippen LogP contribution in [-0.4, -0.2) is 59.3 Å². The second kappa shape index (κ2) is 11.9. The average molecular weight is 506 g/mol.